The Morgan fingerprint density at radius 1 is 1.38 bits per heavy atom. The van der Waals surface area contributed by atoms with Crippen molar-refractivity contribution in [1.82, 2.24) is 9.97 Å². The molecule has 0 amide bonds. The first kappa shape index (κ1) is 9.72. The van der Waals surface area contributed by atoms with Crippen molar-refractivity contribution in [2.75, 3.05) is 17.2 Å². The monoisotopic (exact) mass is 199 g/mol. The van der Waals surface area contributed by atoms with Crippen LogP contribution in [0.3, 0.4) is 0 Å². The van der Waals surface area contributed by atoms with E-state index in [1.807, 2.05) is 6.92 Å². The zero-order chi connectivity index (χ0) is 9.84. The summed E-state index contributed by atoms with van der Waals surface area (Å²) in [6.45, 7) is 1.95. The highest BCUT2D eigenvalue weighted by molar-refractivity contribution is 7.99. The summed E-state index contributed by atoms with van der Waals surface area (Å²) < 4.78 is 0. The molecule has 0 aliphatic rings. The molecule has 70 valence electrons. The molecule has 0 saturated heterocycles. The van der Waals surface area contributed by atoms with Gasteiger partial charge < -0.3 is 11.5 Å². The average molecular weight is 199 g/mol. The quantitative estimate of drug-likeness (QED) is 0.429. The maximum atomic E-state index is 10.2. The van der Waals surface area contributed by atoms with Gasteiger partial charge in [-0.05, 0) is 10.9 Å². The lowest BCUT2D eigenvalue weighted by Gasteiger charge is -2.02. The molecule has 1 aromatic rings. The van der Waals surface area contributed by atoms with Crippen LogP contribution in [0.5, 0.6) is 0 Å². The molecule has 0 bridgehead atoms. The number of nitrogens with two attached hydrogens (primary N) is 2. The molecule has 0 atom stereocenters. The Hall–Kier alpha value is -1.37. The zero-order valence-electron chi connectivity index (χ0n) is 7.02. The van der Waals surface area contributed by atoms with E-state index in [1.165, 1.54) is 11.8 Å². The molecule has 0 aliphatic heterocycles. The van der Waals surface area contributed by atoms with Crippen LogP contribution < -0.4 is 11.5 Å². The van der Waals surface area contributed by atoms with Crippen LogP contribution in [-0.2, 0) is 0 Å². The summed E-state index contributed by atoms with van der Waals surface area (Å²) in [4.78, 5) is 17.9. The standard InChI is InChI=1S/C6H9N5OS/c1-2-13-6-9-4(7)3(11-12)5(8)10-6/h2H2,1H3,(H4,7,8,9,10). The summed E-state index contributed by atoms with van der Waals surface area (Å²) in [5.74, 6) is 0.865. The molecular formula is C6H9N5OS. The van der Waals surface area contributed by atoms with Crippen LogP contribution in [-0.4, -0.2) is 15.7 Å². The Kier molecular flexibility index (Phi) is 3.02. The van der Waals surface area contributed by atoms with Gasteiger partial charge in [-0.3, -0.25) is 0 Å². The van der Waals surface area contributed by atoms with Crippen molar-refractivity contribution < 1.29 is 0 Å². The molecular weight excluding hydrogens is 190 g/mol. The summed E-state index contributed by atoms with van der Waals surface area (Å²) >= 11 is 1.40. The number of nitroso groups, excluding NO2 is 1. The first-order valence-electron chi connectivity index (χ1n) is 3.58. The second-order valence-corrected chi connectivity index (χ2v) is 3.38. The lowest BCUT2D eigenvalue weighted by Crippen LogP contribution is -2.00. The number of anilines is 2. The van der Waals surface area contributed by atoms with Crippen LogP contribution in [0, 0.1) is 4.91 Å². The number of rotatable bonds is 3. The molecule has 1 rings (SSSR count). The van der Waals surface area contributed by atoms with Crippen molar-refractivity contribution in [3.63, 3.8) is 0 Å². The van der Waals surface area contributed by atoms with Crippen molar-refractivity contribution in [2.24, 2.45) is 5.18 Å². The summed E-state index contributed by atoms with van der Waals surface area (Å²) in [7, 11) is 0. The van der Waals surface area contributed by atoms with Crippen molar-refractivity contribution in [1.29, 1.82) is 0 Å². The normalized spacial score (nSPS) is 9.92. The third-order valence-corrected chi connectivity index (χ3v) is 2.01. The van der Waals surface area contributed by atoms with E-state index in [1.54, 1.807) is 0 Å². The molecule has 4 N–H and O–H groups in total. The van der Waals surface area contributed by atoms with Crippen LogP contribution in [0.25, 0.3) is 0 Å². The largest absolute Gasteiger partial charge is 0.382 e. The fourth-order valence-corrected chi connectivity index (χ4v) is 1.34. The molecule has 0 radical (unpaired) electrons. The SMILES string of the molecule is CCSc1nc(N)c(N=O)c(N)n1. The number of nitrogen functional groups attached to an aromatic ring is 2. The first-order valence-corrected chi connectivity index (χ1v) is 4.56. The van der Waals surface area contributed by atoms with E-state index in [-0.39, 0.29) is 17.3 Å². The van der Waals surface area contributed by atoms with Gasteiger partial charge in [-0.1, -0.05) is 18.7 Å². The third kappa shape index (κ3) is 2.05. The lowest BCUT2D eigenvalue weighted by molar-refractivity contribution is 0.983. The fraction of sp³-hybridized carbons (Fsp3) is 0.333. The van der Waals surface area contributed by atoms with Crippen LogP contribution >= 0.6 is 11.8 Å². The molecule has 7 heteroatoms. The number of thioether (sulfide) groups is 1. The van der Waals surface area contributed by atoms with Crippen molar-refractivity contribution >= 4 is 29.1 Å². The first-order chi connectivity index (χ1) is 6.19. The zero-order valence-corrected chi connectivity index (χ0v) is 7.84. The topological polar surface area (TPSA) is 107 Å². The van der Waals surface area contributed by atoms with E-state index in [2.05, 4.69) is 15.1 Å². The molecule has 0 aliphatic carbocycles. The maximum absolute atomic E-state index is 10.2. The van der Waals surface area contributed by atoms with Crippen molar-refractivity contribution in [2.45, 2.75) is 12.1 Å². The van der Waals surface area contributed by atoms with Crippen molar-refractivity contribution in [3.8, 4) is 0 Å². The number of aromatic nitrogens is 2. The van der Waals surface area contributed by atoms with Gasteiger partial charge >= 0.3 is 0 Å². The van der Waals surface area contributed by atoms with E-state index >= 15 is 0 Å². The van der Waals surface area contributed by atoms with Crippen LogP contribution in [0.15, 0.2) is 10.3 Å². The Morgan fingerprint density at radius 3 is 2.31 bits per heavy atom. The van der Waals surface area contributed by atoms with Crippen LogP contribution in [0.1, 0.15) is 6.92 Å². The van der Waals surface area contributed by atoms with Crippen LogP contribution in [0.2, 0.25) is 0 Å². The maximum Gasteiger partial charge on any atom is 0.192 e. The molecule has 0 unspecified atom stereocenters. The molecule has 0 spiro atoms. The predicted octanol–water partition coefficient (Wildman–Crippen LogP) is 1.15. The molecule has 0 fully saturated rings. The van der Waals surface area contributed by atoms with Gasteiger partial charge in [0.05, 0.1) is 0 Å². The Morgan fingerprint density at radius 2 is 1.92 bits per heavy atom. The molecule has 6 nitrogen and oxygen atoms in total. The highest BCUT2D eigenvalue weighted by Gasteiger charge is 2.09. The smallest absolute Gasteiger partial charge is 0.192 e. The summed E-state index contributed by atoms with van der Waals surface area (Å²) in [6, 6.07) is 0. The minimum absolute atomic E-state index is 0.0263. The van der Waals surface area contributed by atoms with Gasteiger partial charge in [0.2, 0.25) is 0 Å². The molecule has 0 aromatic carbocycles. The molecule has 0 saturated carbocycles. The van der Waals surface area contributed by atoms with E-state index in [9.17, 15) is 4.91 Å². The minimum atomic E-state index is -0.0829. The molecule has 1 heterocycles. The number of hydrogen-bond donors (Lipinski definition) is 2. The Bertz CT molecular complexity index is 306. The van der Waals surface area contributed by atoms with Gasteiger partial charge in [0.15, 0.2) is 22.5 Å². The lowest BCUT2D eigenvalue weighted by atomic mass is 10.4. The molecule has 13 heavy (non-hydrogen) atoms. The third-order valence-electron chi connectivity index (χ3n) is 1.28. The van der Waals surface area contributed by atoms with Gasteiger partial charge in [0.1, 0.15) is 0 Å². The van der Waals surface area contributed by atoms with E-state index in [4.69, 9.17) is 11.5 Å². The second kappa shape index (κ2) is 4.04. The Labute approximate surface area is 79.1 Å². The van der Waals surface area contributed by atoms with Crippen LogP contribution in [0.4, 0.5) is 17.3 Å². The average Bonchev–Trinajstić information content (AvgIpc) is 2.04. The van der Waals surface area contributed by atoms with Gasteiger partial charge in [-0.25, -0.2) is 9.97 Å². The Balaban J connectivity index is 3.12. The van der Waals surface area contributed by atoms with E-state index in [0.29, 0.717) is 5.16 Å². The second-order valence-electron chi connectivity index (χ2n) is 2.15. The summed E-state index contributed by atoms with van der Waals surface area (Å²) in [6.07, 6.45) is 0. The van der Waals surface area contributed by atoms with Crippen molar-refractivity contribution in [3.05, 3.63) is 4.91 Å². The van der Waals surface area contributed by atoms with E-state index in [0.717, 1.165) is 5.75 Å². The predicted molar refractivity (Wildman–Crippen MR) is 52.7 cm³/mol. The highest BCUT2D eigenvalue weighted by atomic mass is 32.2. The van der Waals surface area contributed by atoms with Gasteiger partial charge in [0, 0.05) is 0 Å². The van der Waals surface area contributed by atoms with Gasteiger partial charge in [0.25, 0.3) is 0 Å². The molecule has 1 aromatic heterocycles. The van der Waals surface area contributed by atoms with Gasteiger partial charge in [-0.15, -0.1) is 4.91 Å². The minimum Gasteiger partial charge on any atom is -0.382 e. The fourth-order valence-electron chi connectivity index (χ4n) is 0.755. The van der Waals surface area contributed by atoms with Gasteiger partial charge in [-0.2, -0.15) is 0 Å². The number of nitrogens with zero attached hydrogens (tertiary/aromatic N) is 3. The summed E-state index contributed by atoms with van der Waals surface area (Å²) in [5, 5.41) is 3.10. The summed E-state index contributed by atoms with van der Waals surface area (Å²) in [5.41, 5.74) is 10.8. The number of hydrogen-bond acceptors (Lipinski definition) is 7. The highest BCUT2D eigenvalue weighted by Crippen LogP contribution is 2.28. The van der Waals surface area contributed by atoms with E-state index < -0.39 is 0 Å².